The van der Waals surface area contributed by atoms with Crippen molar-refractivity contribution in [3.63, 3.8) is 0 Å². The molecule has 0 radical (unpaired) electrons. The first-order chi connectivity index (χ1) is 5.68. The maximum Gasteiger partial charge on any atom is 0.0592 e. The summed E-state index contributed by atoms with van der Waals surface area (Å²) in [6.07, 6.45) is 1.94. The maximum atomic E-state index is 6.07. The lowest BCUT2D eigenvalue weighted by molar-refractivity contribution is 0.882. The first-order valence-electron chi connectivity index (χ1n) is 3.80. The van der Waals surface area contributed by atoms with E-state index < -0.39 is 0 Å². The maximum absolute atomic E-state index is 6.07. The van der Waals surface area contributed by atoms with Gasteiger partial charge in [-0.1, -0.05) is 23.2 Å². The third-order valence-electron chi connectivity index (χ3n) is 2.18. The second kappa shape index (κ2) is 3.10. The van der Waals surface area contributed by atoms with Gasteiger partial charge < -0.3 is 0 Å². The zero-order valence-corrected chi connectivity index (χ0v) is 8.55. The highest BCUT2D eigenvalue weighted by atomic mass is 35.5. The number of hydrogen-bond acceptors (Lipinski definition) is 0. The molecule has 64 valence electrons. The Morgan fingerprint density at radius 1 is 1.25 bits per heavy atom. The SMILES string of the molecule is Clc1cc(Cl)c2c(c1)C(Cl)CC2. The van der Waals surface area contributed by atoms with Crippen molar-refractivity contribution in [2.24, 2.45) is 0 Å². The van der Waals surface area contributed by atoms with Crippen LogP contribution in [0.5, 0.6) is 0 Å². The van der Waals surface area contributed by atoms with Crippen LogP contribution in [0.2, 0.25) is 10.0 Å². The van der Waals surface area contributed by atoms with Crippen LogP contribution >= 0.6 is 34.8 Å². The largest absolute Gasteiger partial charge is 0.118 e. The van der Waals surface area contributed by atoms with Gasteiger partial charge in [0.1, 0.15) is 0 Å². The lowest BCUT2D eigenvalue weighted by Crippen LogP contribution is -1.84. The number of rotatable bonds is 0. The van der Waals surface area contributed by atoms with Crippen molar-refractivity contribution in [3.8, 4) is 0 Å². The molecule has 0 heterocycles. The highest BCUT2D eigenvalue weighted by Gasteiger charge is 2.22. The second-order valence-corrected chi connectivity index (χ2v) is 4.33. The van der Waals surface area contributed by atoms with Gasteiger partial charge in [-0.05, 0) is 36.1 Å². The van der Waals surface area contributed by atoms with Crippen LogP contribution in [0.15, 0.2) is 12.1 Å². The Hall–Kier alpha value is 0.0900. The van der Waals surface area contributed by atoms with E-state index in [1.54, 1.807) is 6.07 Å². The molecule has 1 aromatic carbocycles. The molecule has 1 atom stereocenters. The van der Waals surface area contributed by atoms with Crippen LogP contribution in [-0.2, 0) is 6.42 Å². The smallest absolute Gasteiger partial charge is 0.0592 e. The molecule has 1 aliphatic carbocycles. The number of hydrogen-bond donors (Lipinski definition) is 0. The van der Waals surface area contributed by atoms with E-state index >= 15 is 0 Å². The van der Waals surface area contributed by atoms with Gasteiger partial charge in [0.15, 0.2) is 0 Å². The summed E-state index contributed by atoms with van der Waals surface area (Å²) in [5, 5.41) is 1.52. The lowest BCUT2D eigenvalue weighted by atomic mass is 10.1. The molecule has 0 aliphatic heterocycles. The van der Waals surface area contributed by atoms with E-state index in [9.17, 15) is 0 Å². The molecule has 0 bridgehead atoms. The molecule has 3 heteroatoms. The Morgan fingerprint density at radius 3 is 2.75 bits per heavy atom. The molecule has 0 amide bonds. The summed E-state index contributed by atoms with van der Waals surface area (Å²) in [5.74, 6) is 0. The van der Waals surface area contributed by atoms with Crippen molar-refractivity contribution in [2.45, 2.75) is 18.2 Å². The average Bonchev–Trinajstić information content (AvgIpc) is 2.33. The molecule has 0 saturated carbocycles. The Labute approximate surface area is 86.4 Å². The molecular weight excluding hydrogens is 214 g/mol. The van der Waals surface area contributed by atoms with E-state index in [0.29, 0.717) is 5.02 Å². The van der Waals surface area contributed by atoms with Crippen molar-refractivity contribution >= 4 is 34.8 Å². The van der Waals surface area contributed by atoms with Gasteiger partial charge in [0.2, 0.25) is 0 Å². The van der Waals surface area contributed by atoms with E-state index in [0.717, 1.165) is 23.4 Å². The zero-order chi connectivity index (χ0) is 8.72. The molecule has 0 N–H and O–H groups in total. The molecule has 0 fully saturated rings. The fourth-order valence-electron chi connectivity index (χ4n) is 1.59. The fourth-order valence-corrected chi connectivity index (χ4v) is 2.50. The minimum absolute atomic E-state index is 0.0937. The van der Waals surface area contributed by atoms with Gasteiger partial charge in [0, 0.05) is 10.0 Å². The average molecular weight is 222 g/mol. The predicted octanol–water partition coefficient (Wildman–Crippen LogP) is 4.22. The third-order valence-corrected chi connectivity index (χ3v) is 3.19. The summed E-state index contributed by atoms with van der Waals surface area (Å²) >= 11 is 17.9. The number of benzene rings is 1. The van der Waals surface area contributed by atoms with Gasteiger partial charge in [-0.25, -0.2) is 0 Å². The summed E-state index contributed by atoms with van der Waals surface area (Å²) in [4.78, 5) is 0. The molecule has 0 saturated heterocycles. The summed E-state index contributed by atoms with van der Waals surface area (Å²) in [7, 11) is 0. The normalized spacial score (nSPS) is 21.1. The van der Waals surface area contributed by atoms with E-state index in [1.165, 1.54) is 5.56 Å². The van der Waals surface area contributed by atoms with Crippen LogP contribution in [0.1, 0.15) is 22.9 Å². The number of fused-ring (bicyclic) bond motifs is 1. The third kappa shape index (κ3) is 1.32. The van der Waals surface area contributed by atoms with Gasteiger partial charge in [-0.3, -0.25) is 0 Å². The molecule has 12 heavy (non-hydrogen) atoms. The second-order valence-electron chi connectivity index (χ2n) is 2.96. The van der Waals surface area contributed by atoms with Gasteiger partial charge in [0.25, 0.3) is 0 Å². The van der Waals surface area contributed by atoms with Crippen LogP contribution in [0.4, 0.5) is 0 Å². The van der Waals surface area contributed by atoms with Crippen LogP contribution < -0.4 is 0 Å². The highest BCUT2D eigenvalue weighted by Crippen LogP contribution is 2.40. The van der Waals surface area contributed by atoms with Crippen LogP contribution in [-0.4, -0.2) is 0 Å². The topological polar surface area (TPSA) is 0 Å². The Bertz CT molecular complexity index is 320. The number of halogens is 3. The van der Waals surface area contributed by atoms with Gasteiger partial charge in [-0.2, -0.15) is 0 Å². The van der Waals surface area contributed by atoms with Crippen molar-refractivity contribution in [3.05, 3.63) is 33.3 Å². The molecule has 2 rings (SSSR count). The lowest BCUT2D eigenvalue weighted by Gasteiger charge is -2.04. The monoisotopic (exact) mass is 220 g/mol. The minimum Gasteiger partial charge on any atom is -0.118 e. The minimum atomic E-state index is 0.0937. The molecule has 1 unspecified atom stereocenters. The molecule has 0 spiro atoms. The van der Waals surface area contributed by atoms with Gasteiger partial charge in [-0.15, -0.1) is 11.6 Å². The van der Waals surface area contributed by atoms with Crippen molar-refractivity contribution < 1.29 is 0 Å². The van der Waals surface area contributed by atoms with Crippen LogP contribution in [0.3, 0.4) is 0 Å². The first-order valence-corrected chi connectivity index (χ1v) is 4.99. The Balaban J connectivity index is 2.60. The molecule has 0 aromatic heterocycles. The van der Waals surface area contributed by atoms with Crippen molar-refractivity contribution in [2.75, 3.05) is 0 Å². The van der Waals surface area contributed by atoms with Crippen LogP contribution in [0, 0.1) is 0 Å². The van der Waals surface area contributed by atoms with Gasteiger partial charge in [0.05, 0.1) is 5.38 Å². The summed E-state index contributed by atoms with van der Waals surface area (Å²) < 4.78 is 0. The summed E-state index contributed by atoms with van der Waals surface area (Å²) in [6.45, 7) is 0. The fraction of sp³-hybridized carbons (Fsp3) is 0.333. The van der Waals surface area contributed by atoms with E-state index in [2.05, 4.69) is 0 Å². The highest BCUT2D eigenvalue weighted by molar-refractivity contribution is 6.35. The summed E-state index contributed by atoms with van der Waals surface area (Å²) in [5.41, 5.74) is 2.27. The standard InChI is InChI=1S/C9H7Cl3/c10-5-3-7-6(9(12)4-5)1-2-8(7)11/h3-4,8H,1-2H2. The van der Waals surface area contributed by atoms with E-state index in [4.69, 9.17) is 34.8 Å². The van der Waals surface area contributed by atoms with Gasteiger partial charge >= 0.3 is 0 Å². The first kappa shape index (κ1) is 8.68. The quantitative estimate of drug-likeness (QED) is 0.576. The molecular formula is C9H7Cl3. The summed E-state index contributed by atoms with van der Waals surface area (Å²) in [6, 6.07) is 3.68. The van der Waals surface area contributed by atoms with Crippen molar-refractivity contribution in [1.82, 2.24) is 0 Å². The molecule has 1 aliphatic rings. The predicted molar refractivity (Wildman–Crippen MR) is 53.4 cm³/mol. The van der Waals surface area contributed by atoms with E-state index in [1.807, 2.05) is 6.07 Å². The Morgan fingerprint density at radius 2 is 2.00 bits per heavy atom. The molecule has 0 nitrogen and oxygen atoms in total. The molecule has 1 aromatic rings. The van der Waals surface area contributed by atoms with E-state index in [-0.39, 0.29) is 5.38 Å². The zero-order valence-electron chi connectivity index (χ0n) is 6.28. The van der Waals surface area contributed by atoms with Crippen molar-refractivity contribution in [1.29, 1.82) is 0 Å². The Kier molecular flexibility index (Phi) is 2.24. The number of alkyl halides is 1. The van der Waals surface area contributed by atoms with Crippen LogP contribution in [0.25, 0.3) is 0 Å².